The molecule has 0 fully saturated rings. The van der Waals surface area contributed by atoms with Crippen LogP contribution in [-0.2, 0) is 27.8 Å². The number of hydrogen-bond donors (Lipinski definition) is 1. The topological polar surface area (TPSA) is 114 Å². The van der Waals surface area contributed by atoms with Crippen LogP contribution in [0, 0.1) is 0 Å². The lowest BCUT2D eigenvalue weighted by atomic mass is 10.2. The van der Waals surface area contributed by atoms with Crippen molar-refractivity contribution in [3.8, 4) is 0 Å². The highest BCUT2D eigenvalue weighted by Crippen LogP contribution is 2.19. The third kappa shape index (κ3) is 5.63. The van der Waals surface area contributed by atoms with Crippen LogP contribution in [0.4, 0.5) is 5.13 Å². The summed E-state index contributed by atoms with van der Waals surface area (Å²) in [4.78, 5) is 24.5. The van der Waals surface area contributed by atoms with Gasteiger partial charge in [-0.3, -0.25) is 14.9 Å². The molecule has 9 nitrogen and oxygen atoms in total. The Balaban J connectivity index is 1.70. The summed E-state index contributed by atoms with van der Waals surface area (Å²) >= 11 is 1.24. The molecule has 0 atom stereocenters. The molecule has 0 aliphatic heterocycles. The lowest BCUT2D eigenvalue weighted by Crippen LogP contribution is -2.33. The first-order valence-electron chi connectivity index (χ1n) is 9.70. The molecule has 164 valence electrons. The standard InChI is InChI=1S/C20H23N5O4S2/c1-3-25(4-2)31(28,29)16-10-11-19(27)24(13-16)14-17(26)21-20-23-22-18(30-20)12-15-8-6-5-7-9-15/h5-11,13H,3-4,12,14H2,1-2H3,(H,21,23,26). The number of rotatable bonds is 9. The van der Waals surface area contributed by atoms with Gasteiger partial charge in [-0.05, 0) is 11.6 Å². The SMILES string of the molecule is CCN(CC)S(=O)(=O)c1ccc(=O)n(CC(=O)Nc2nnc(Cc3ccccc3)s2)c1. The van der Waals surface area contributed by atoms with Gasteiger partial charge in [0.05, 0.1) is 4.90 Å². The molecule has 1 amide bonds. The second-order valence-corrected chi connectivity index (χ2v) is 9.63. The van der Waals surface area contributed by atoms with E-state index in [9.17, 15) is 18.0 Å². The van der Waals surface area contributed by atoms with Crippen LogP contribution in [0.5, 0.6) is 0 Å². The Morgan fingerprint density at radius 2 is 1.81 bits per heavy atom. The first kappa shape index (κ1) is 22.8. The molecule has 1 aromatic carbocycles. The summed E-state index contributed by atoms with van der Waals surface area (Å²) in [5.41, 5.74) is 0.602. The van der Waals surface area contributed by atoms with Gasteiger partial charge in [0, 0.05) is 31.8 Å². The van der Waals surface area contributed by atoms with E-state index in [1.807, 2.05) is 30.3 Å². The van der Waals surface area contributed by atoms with E-state index in [0.717, 1.165) is 21.2 Å². The molecule has 0 unspecified atom stereocenters. The van der Waals surface area contributed by atoms with Crippen molar-refractivity contribution in [1.29, 1.82) is 0 Å². The Labute approximate surface area is 184 Å². The van der Waals surface area contributed by atoms with Gasteiger partial charge in [0.15, 0.2) is 0 Å². The van der Waals surface area contributed by atoms with Crippen LogP contribution < -0.4 is 10.9 Å². The summed E-state index contributed by atoms with van der Waals surface area (Å²) in [7, 11) is -3.74. The first-order valence-corrected chi connectivity index (χ1v) is 12.0. The molecule has 1 N–H and O–H groups in total. The zero-order valence-electron chi connectivity index (χ0n) is 17.2. The average Bonchev–Trinajstić information content (AvgIpc) is 3.17. The Kier molecular flexibility index (Phi) is 7.31. The van der Waals surface area contributed by atoms with Gasteiger partial charge in [-0.1, -0.05) is 55.5 Å². The molecular weight excluding hydrogens is 438 g/mol. The predicted octanol–water partition coefficient (Wildman–Crippen LogP) is 1.96. The minimum absolute atomic E-state index is 0.0373. The fourth-order valence-electron chi connectivity index (χ4n) is 2.96. The molecule has 0 saturated carbocycles. The molecular formula is C20H23N5O4S2. The Morgan fingerprint density at radius 3 is 2.48 bits per heavy atom. The smallest absolute Gasteiger partial charge is 0.251 e. The van der Waals surface area contributed by atoms with E-state index in [1.54, 1.807) is 13.8 Å². The monoisotopic (exact) mass is 461 g/mol. The first-order chi connectivity index (χ1) is 14.8. The number of pyridine rings is 1. The van der Waals surface area contributed by atoms with Crippen molar-refractivity contribution in [2.45, 2.75) is 31.7 Å². The van der Waals surface area contributed by atoms with Gasteiger partial charge in [-0.2, -0.15) is 4.31 Å². The fraction of sp³-hybridized carbons (Fsp3) is 0.300. The molecule has 0 spiro atoms. The van der Waals surface area contributed by atoms with Crippen LogP contribution in [0.2, 0.25) is 0 Å². The number of carbonyl (C=O) groups is 1. The van der Waals surface area contributed by atoms with Gasteiger partial charge in [-0.15, -0.1) is 10.2 Å². The van der Waals surface area contributed by atoms with Crippen LogP contribution in [0.15, 0.2) is 58.4 Å². The maximum absolute atomic E-state index is 12.7. The number of benzene rings is 1. The summed E-state index contributed by atoms with van der Waals surface area (Å²) in [6.07, 6.45) is 1.79. The number of amides is 1. The summed E-state index contributed by atoms with van der Waals surface area (Å²) in [5, 5.41) is 11.7. The quantitative estimate of drug-likeness (QED) is 0.521. The van der Waals surface area contributed by atoms with E-state index in [2.05, 4.69) is 15.5 Å². The Hall–Kier alpha value is -2.89. The minimum atomic E-state index is -3.74. The van der Waals surface area contributed by atoms with E-state index < -0.39 is 21.5 Å². The normalized spacial score (nSPS) is 11.6. The molecule has 3 aromatic rings. The number of sulfonamides is 1. The number of nitrogens with zero attached hydrogens (tertiary/aromatic N) is 4. The molecule has 0 radical (unpaired) electrons. The summed E-state index contributed by atoms with van der Waals surface area (Å²) in [6.45, 7) is 3.74. The van der Waals surface area contributed by atoms with Crippen molar-refractivity contribution in [3.63, 3.8) is 0 Å². The Morgan fingerprint density at radius 1 is 1.10 bits per heavy atom. The second-order valence-electron chi connectivity index (χ2n) is 6.63. The van der Waals surface area contributed by atoms with Gasteiger partial charge in [0.2, 0.25) is 21.1 Å². The largest absolute Gasteiger partial charge is 0.305 e. The molecule has 3 rings (SSSR count). The van der Waals surface area contributed by atoms with Gasteiger partial charge >= 0.3 is 0 Å². The van der Waals surface area contributed by atoms with Crippen LogP contribution in [0.3, 0.4) is 0 Å². The van der Waals surface area contributed by atoms with Gasteiger partial charge in [0.1, 0.15) is 11.6 Å². The lowest BCUT2D eigenvalue weighted by molar-refractivity contribution is -0.116. The summed E-state index contributed by atoms with van der Waals surface area (Å²) < 4.78 is 27.7. The third-order valence-electron chi connectivity index (χ3n) is 4.52. The molecule has 0 saturated heterocycles. The fourth-order valence-corrected chi connectivity index (χ4v) is 5.23. The number of nitrogens with one attached hydrogen (secondary N) is 1. The van der Waals surface area contributed by atoms with Crippen LogP contribution in [0.1, 0.15) is 24.4 Å². The lowest BCUT2D eigenvalue weighted by Gasteiger charge is -2.18. The summed E-state index contributed by atoms with van der Waals surface area (Å²) in [5.74, 6) is -0.498. The highest BCUT2D eigenvalue weighted by molar-refractivity contribution is 7.89. The van der Waals surface area contributed by atoms with E-state index >= 15 is 0 Å². The Bertz CT molecular complexity index is 1200. The number of aromatic nitrogens is 3. The van der Waals surface area contributed by atoms with Crippen molar-refractivity contribution >= 4 is 32.4 Å². The van der Waals surface area contributed by atoms with Gasteiger partial charge < -0.3 is 4.57 Å². The van der Waals surface area contributed by atoms with E-state index in [-0.39, 0.29) is 11.4 Å². The second kappa shape index (κ2) is 9.94. The maximum Gasteiger partial charge on any atom is 0.251 e. The van der Waals surface area contributed by atoms with E-state index in [0.29, 0.717) is 24.6 Å². The molecule has 2 aromatic heterocycles. The predicted molar refractivity (Wildman–Crippen MR) is 119 cm³/mol. The average molecular weight is 462 g/mol. The number of hydrogen-bond acceptors (Lipinski definition) is 7. The van der Waals surface area contributed by atoms with Crippen molar-refractivity contribution in [3.05, 3.63) is 69.6 Å². The molecule has 31 heavy (non-hydrogen) atoms. The van der Waals surface area contributed by atoms with Gasteiger partial charge in [-0.25, -0.2) is 8.42 Å². The van der Waals surface area contributed by atoms with Crippen LogP contribution in [0.25, 0.3) is 0 Å². The molecule has 11 heteroatoms. The zero-order chi connectivity index (χ0) is 22.4. The minimum Gasteiger partial charge on any atom is -0.305 e. The maximum atomic E-state index is 12.7. The highest BCUT2D eigenvalue weighted by atomic mass is 32.2. The van der Waals surface area contributed by atoms with E-state index in [1.165, 1.54) is 27.9 Å². The van der Waals surface area contributed by atoms with Crippen molar-refractivity contribution in [2.24, 2.45) is 0 Å². The molecule has 2 heterocycles. The summed E-state index contributed by atoms with van der Waals surface area (Å²) in [6, 6.07) is 12.2. The van der Waals surface area contributed by atoms with Crippen molar-refractivity contribution < 1.29 is 13.2 Å². The van der Waals surface area contributed by atoms with Crippen molar-refractivity contribution in [2.75, 3.05) is 18.4 Å². The third-order valence-corrected chi connectivity index (χ3v) is 7.40. The van der Waals surface area contributed by atoms with E-state index in [4.69, 9.17) is 0 Å². The number of anilines is 1. The van der Waals surface area contributed by atoms with Crippen molar-refractivity contribution in [1.82, 2.24) is 19.1 Å². The molecule has 0 aliphatic rings. The van der Waals surface area contributed by atoms with Crippen LogP contribution >= 0.6 is 11.3 Å². The molecule has 0 bridgehead atoms. The van der Waals surface area contributed by atoms with Gasteiger partial charge in [0.25, 0.3) is 5.56 Å². The van der Waals surface area contributed by atoms with Crippen LogP contribution in [-0.4, -0.2) is 46.5 Å². The zero-order valence-corrected chi connectivity index (χ0v) is 18.8. The number of carbonyl (C=O) groups excluding carboxylic acids is 1. The molecule has 0 aliphatic carbocycles. The highest BCUT2D eigenvalue weighted by Gasteiger charge is 2.22.